The van der Waals surface area contributed by atoms with E-state index in [-0.39, 0.29) is 12.3 Å². The Balaban J connectivity index is 1.54. The fourth-order valence-electron chi connectivity index (χ4n) is 4.59. The molecule has 4 aromatic rings. The number of aliphatic hydroxyl groups excluding tert-OH is 1. The minimum Gasteiger partial charge on any atom is -0.394 e. The summed E-state index contributed by atoms with van der Waals surface area (Å²) in [5.74, 6) is -2.76. The number of nitrogens with two attached hydrogens (primary N) is 1. The molecule has 0 aliphatic carbocycles. The number of hydrogen-bond acceptors (Lipinski definition) is 8. The molecule has 202 valence electrons. The summed E-state index contributed by atoms with van der Waals surface area (Å²) in [5.41, 5.74) is 6.26. The molecular weight excluding hydrogens is 520 g/mol. The van der Waals surface area contributed by atoms with Crippen molar-refractivity contribution in [2.75, 3.05) is 29.9 Å². The standard InChI is InChI=1S/C28H23F2N7O3/c29-20-2-1-3-21(30)26(20)37-25(39)7-6-23(35-37)27(40)34-22-5-4-17(19-14-33-10-8-18(19)13-31)12-24(22)36-11-9-28(32,15-36)16-38/h1-8,10,12,14,38H,9,11,15-16,32H2,(H,34,40)/t28-/m1/s1. The second-order valence-electron chi connectivity index (χ2n) is 9.45. The lowest BCUT2D eigenvalue weighted by Gasteiger charge is -2.26. The van der Waals surface area contributed by atoms with Gasteiger partial charge in [-0.25, -0.2) is 8.78 Å². The molecular formula is C28H23F2N7O3. The highest BCUT2D eigenvalue weighted by Crippen LogP contribution is 2.36. The summed E-state index contributed by atoms with van der Waals surface area (Å²) in [6, 6.07) is 14.1. The van der Waals surface area contributed by atoms with Crippen LogP contribution < -0.4 is 21.5 Å². The monoisotopic (exact) mass is 543 g/mol. The zero-order chi connectivity index (χ0) is 28.4. The van der Waals surface area contributed by atoms with Gasteiger partial charge in [-0.05, 0) is 48.4 Å². The zero-order valence-electron chi connectivity index (χ0n) is 21.0. The number of hydrogen-bond donors (Lipinski definition) is 3. The molecule has 10 nitrogen and oxygen atoms in total. The van der Waals surface area contributed by atoms with Gasteiger partial charge >= 0.3 is 0 Å². The molecule has 1 atom stereocenters. The number of nitriles is 1. The first-order chi connectivity index (χ1) is 19.2. The van der Waals surface area contributed by atoms with Crippen LogP contribution in [0.1, 0.15) is 22.5 Å². The maximum Gasteiger partial charge on any atom is 0.276 e. The van der Waals surface area contributed by atoms with Crippen LogP contribution in [-0.4, -0.2) is 51.0 Å². The maximum absolute atomic E-state index is 14.3. The van der Waals surface area contributed by atoms with Gasteiger partial charge in [-0.3, -0.25) is 14.6 Å². The van der Waals surface area contributed by atoms with Crippen LogP contribution in [0.2, 0.25) is 0 Å². The number of pyridine rings is 1. The van der Waals surface area contributed by atoms with E-state index in [0.29, 0.717) is 52.3 Å². The number of carbonyl (C=O) groups excluding carboxylic acids is 1. The molecule has 1 saturated heterocycles. The van der Waals surface area contributed by atoms with E-state index in [1.54, 1.807) is 30.5 Å². The number of aliphatic hydroxyl groups is 1. The minimum atomic E-state index is -1.01. The van der Waals surface area contributed by atoms with Gasteiger partial charge in [0.25, 0.3) is 11.5 Å². The first-order valence-corrected chi connectivity index (χ1v) is 12.2. The average molecular weight is 544 g/mol. The SMILES string of the molecule is N#Cc1ccncc1-c1ccc(NC(=O)c2ccc(=O)n(-c3c(F)cccc3F)n2)c(N2CC[C@](N)(CO)C2)c1. The Morgan fingerprint density at radius 2 is 1.95 bits per heavy atom. The summed E-state index contributed by atoms with van der Waals surface area (Å²) >= 11 is 0. The van der Waals surface area contributed by atoms with Gasteiger partial charge < -0.3 is 21.1 Å². The number of rotatable bonds is 6. The van der Waals surface area contributed by atoms with Crippen molar-refractivity contribution < 1.29 is 18.7 Å². The molecule has 0 bridgehead atoms. The third-order valence-electron chi connectivity index (χ3n) is 6.72. The number of para-hydroxylation sites is 1. The summed E-state index contributed by atoms with van der Waals surface area (Å²) < 4.78 is 29.2. The van der Waals surface area contributed by atoms with Crippen LogP contribution in [0.4, 0.5) is 20.2 Å². The maximum atomic E-state index is 14.3. The normalized spacial score (nSPS) is 16.5. The molecule has 1 fully saturated rings. The van der Waals surface area contributed by atoms with Crippen LogP contribution in [0.15, 0.2) is 71.8 Å². The molecule has 4 N–H and O–H groups in total. The van der Waals surface area contributed by atoms with Crippen molar-refractivity contribution in [1.29, 1.82) is 5.26 Å². The van der Waals surface area contributed by atoms with Gasteiger partial charge in [0.2, 0.25) is 0 Å². The van der Waals surface area contributed by atoms with Gasteiger partial charge in [0, 0.05) is 37.1 Å². The Morgan fingerprint density at radius 1 is 1.18 bits per heavy atom. The fraction of sp³-hybridized carbons (Fsp3) is 0.179. The molecule has 0 unspecified atom stereocenters. The number of amides is 1. The van der Waals surface area contributed by atoms with E-state index in [1.165, 1.54) is 6.20 Å². The molecule has 1 aliphatic heterocycles. The van der Waals surface area contributed by atoms with Gasteiger partial charge in [0.05, 0.1) is 35.2 Å². The van der Waals surface area contributed by atoms with Crippen LogP contribution in [0, 0.1) is 23.0 Å². The lowest BCUT2D eigenvalue weighted by atomic mass is 10.0. The van der Waals surface area contributed by atoms with E-state index in [2.05, 4.69) is 21.5 Å². The predicted molar refractivity (Wildman–Crippen MR) is 143 cm³/mol. The van der Waals surface area contributed by atoms with E-state index in [4.69, 9.17) is 5.73 Å². The smallest absolute Gasteiger partial charge is 0.276 e. The number of benzene rings is 2. The van der Waals surface area contributed by atoms with Crippen molar-refractivity contribution in [1.82, 2.24) is 14.8 Å². The van der Waals surface area contributed by atoms with E-state index in [1.807, 2.05) is 4.90 Å². The molecule has 0 spiro atoms. The molecule has 12 heteroatoms. The fourth-order valence-corrected chi connectivity index (χ4v) is 4.59. The Morgan fingerprint density at radius 3 is 2.65 bits per heavy atom. The van der Waals surface area contributed by atoms with E-state index in [0.717, 1.165) is 30.3 Å². The number of halogens is 2. The molecule has 5 rings (SSSR count). The van der Waals surface area contributed by atoms with Gasteiger partial charge in [-0.15, -0.1) is 0 Å². The molecule has 2 aromatic heterocycles. The largest absolute Gasteiger partial charge is 0.394 e. The second kappa shape index (κ2) is 10.6. The number of nitrogens with one attached hydrogen (secondary N) is 1. The summed E-state index contributed by atoms with van der Waals surface area (Å²) in [5, 5.41) is 26.0. The summed E-state index contributed by atoms with van der Waals surface area (Å²) in [6.45, 7) is 0.547. The van der Waals surface area contributed by atoms with E-state index < -0.39 is 34.3 Å². The van der Waals surface area contributed by atoms with Crippen LogP contribution in [0.3, 0.4) is 0 Å². The third-order valence-corrected chi connectivity index (χ3v) is 6.72. The quantitative estimate of drug-likeness (QED) is 0.336. The Hall–Kier alpha value is -4.99. The van der Waals surface area contributed by atoms with Crippen molar-refractivity contribution in [2.24, 2.45) is 5.73 Å². The van der Waals surface area contributed by atoms with Crippen molar-refractivity contribution >= 4 is 17.3 Å². The highest BCUT2D eigenvalue weighted by atomic mass is 19.1. The van der Waals surface area contributed by atoms with Gasteiger partial charge in [-0.1, -0.05) is 12.1 Å². The average Bonchev–Trinajstić information content (AvgIpc) is 3.36. The highest BCUT2D eigenvalue weighted by molar-refractivity contribution is 6.05. The van der Waals surface area contributed by atoms with Crippen molar-refractivity contribution in [3.05, 3.63) is 100 Å². The Kier molecular flexibility index (Phi) is 7.08. The van der Waals surface area contributed by atoms with Crippen molar-refractivity contribution in [3.8, 4) is 22.9 Å². The second-order valence-corrected chi connectivity index (χ2v) is 9.45. The Bertz CT molecular complexity index is 1700. The first-order valence-electron chi connectivity index (χ1n) is 12.2. The molecule has 1 amide bonds. The molecule has 0 saturated carbocycles. The Labute approximate surface area is 226 Å². The lowest BCUT2D eigenvalue weighted by molar-refractivity contribution is 0.102. The van der Waals surface area contributed by atoms with Crippen LogP contribution >= 0.6 is 0 Å². The summed E-state index contributed by atoms with van der Waals surface area (Å²) in [6.07, 6.45) is 3.58. The molecule has 3 heterocycles. The summed E-state index contributed by atoms with van der Waals surface area (Å²) in [4.78, 5) is 31.7. The van der Waals surface area contributed by atoms with Crippen LogP contribution in [-0.2, 0) is 0 Å². The zero-order valence-corrected chi connectivity index (χ0v) is 21.0. The summed E-state index contributed by atoms with van der Waals surface area (Å²) in [7, 11) is 0. The predicted octanol–water partition coefficient (Wildman–Crippen LogP) is 2.60. The third kappa shape index (κ3) is 5.03. The highest BCUT2D eigenvalue weighted by Gasteiger charge is 2.35. The number of anilines is 2. The van der Waals surface area contributed by atoms with Gasteiger partial charge in [0.15, 0.2) is 11.6 Å². The van der Waals surface area contributed by atoms with E-state index >= 15 is 0 Å². The van der Waals surface area contributed by atoms with Crippen molar-refractivity contribution in [3.63, 3.8) is 0 Å². The topological polar surface area (TPSA) is 150 Å². The number of nitrogens with zero attached hydrogens (tertiary/aromatic N) is 5. The first kappa shape index (κ1) is 26.6. The number of carbonyl (C=O) groups is 1. The van der Waals surface area contributed by atoms with Crippen LogP contribution in [0.5, 0.6) is 0 Å². The molecule has 0 radical (unpaired) electrons. The van der Waals surface area contributed by atoms with Crippen molar-refractivity contribution in [2.45, 2.75) is 12.0 Å². The molecule has 1 aliphatic rings. The van der Waals surface area contributed by atoms with Crippen LogP contribution in [0.25, 0.3) is 16.8 Å². The lowest BCUT2D eigenvalue weighted by Crippen LogP contribution is -2.46. The van der Waals surface area contributed by atoms with Gasteiger partial charge in [-0.2, -0.15) is 15.0 Å². The molecule has 2 aromatic carbocycles. The van der Waals surface area contributed by atoms with E-state index in [9.17, 15) is 28.7 Å². The minimum absolute atomic E-state index is 0.232. The van der Waals surface area contributed by atoms with Gasteiger partial charge in [0.1, 0.15) is 11.4 Å². The molecule has 40 heavy (non-hydrogen) atoms. The number of aromatic nitrogens is 3.